The molecule has 0 bridgehead atoms. The van der Waals surface area contributed by atoms with Gasteiger partial charge in [0.05, 0.1) is 26.1 Å². The number of fused-ring (bicyclic) bond motifs is 1. The van der Waals surface area contributed by atoms with Crippen molar-refractivity contribution < 1.29 is 14.3 Å². The van der Waals surface area contributed by atoms with Gasteiger partial charge in [-0.25, -0.2) is 4.98 Å². The number of carbonyl (C=O) groups excluding carboxylic acids is 1. The number of pyridine rings is 1. The van der Waals surface area contributed by atoms with Gasteiger partial charge in [-0.3, -0.25) is 4.79 Å². The molecule has 4 rings (SSSR count). The molecule has 1 N–H and O–H groups in total. The molecule has 2 heterocycles. The fourth-order valence-corrected chi connectivity index (χ4v) is 3.51. The summed E-state index contributed by atoms with van der Waals surface area (Å²) in [4.78, 5) is 19.1. The quantitative estimate of drug-likeness (QED) is 0.713. The molecule has 6 heteroatoms. The average molecular weight is 389 g/mol. The number of anilines is 2. The molecule has 1 aliphatic heterocycles. The van der Waals surface area contributed by atoms with Gasteiger partial charge in [-0.2, -0.15) is 0 Å². The number of carbonyl (C=O) groups is 1. The zero-order valence-corrected chi connectivity index (χ0v) is 16.5. The lowest BCUT2D eigenvalue weighted by atomic mass is 10.00. The molecule has 0 atom stereocenters. The second-order valence-corrected chi connectivity index (χ2v) is 6.87. The number of nitrogens with one attached hydrogen (secondary N) is 1. The predicted molar refractivity (Wildman–Crippen MR) is 112 cm³/mol. The molecule has 1 aliphatic rings. The van der Waals surface area contributed by atoms with E-state index in [1.54, 1.807) is 26.5 Å². The number of rotatable bonds is 5. The SMILES string of the molecule is COc1ccc(Nc2ccc(C(=O)N3CCc4ccccc4C3)nc2)cc1OC. The largest absolute Gasteiger partial charge is 0.493 e. The summed E-state index contributed by atoms with van der Waals surface area (Å²) in [5.41, 5.74) is 4.61. The number of ether oxygens (including phenoxy) is 2. The van der Waals surface area contributed by atoms with Crippen LogP contribution in [0.15, 0.2) is 60.8 Å². The third-order valence-electron chi connectivity index (χ3n) is 5.07. The van der Waals surface area contributed by atoms with Crippen LogP contribution in [0.25, 0.3) is 0 Å². The summed E-state index contributed by atoms with van der Waals surface area (Å²) < 4.78 is 10.6. The summed E-state index contributed by atoms with van der Waals surface area (Å²) in [6, 6.07) is 17.5. The van der Waals surface area contributed by atoms with Crippen molar-refractivity contribution in [2.24, 2.45) is 0 Å². The van der Waals surface area contributed by atoms with Gasteiger partial charge in [0, 0.05) is 24.8 Å². The van der Waals surface area contributed by atoms with Crippen LogP contribution in [0.1, 0.15) is 21.6 Å². The Morgan fingerprint density at radius 2 is 1.72 bits per heavy atom. The van der Waals surface area contributed by atoms with Crippen LogP contribution in [0.5, 0.6) is 11.5 Å². The molecule has 29 heavy (non-hydrogen) atoms. The fourth-order valence-electron chi connectivity index (χ4n) is 3.51. The van der Waals surface area contributed by atoms with Crippen molar-refractivity contribution in [3.05, 3.63) is 77.6 Å². The molecule has 2 aromatic carbocycles. The van der Waals surface area contributed by atoms with Gasteiger partial charge >= 0.3 is 0 Å². The number of benzene rings is 2. The molecule has 0 saturated carbocycles. The number of hydrogen-bond donors (Lipinski definition) is 1. The predicted octanol–water partition coefficient (Wildman–Crippen LogP) is 4.04. The maximum atomic E-state index is 12.8. The highest BCUT2D eigenvalue weighted by Crippen LogP contribution is 2.31. The van der Waals surface area contributed by atoms with Gasteiger partial charge in [0.2, 0.25) is 0 Å². The van der Waals surface area contributed by atoms with Crippen molar-refractivity contribution in [1.82, 2.24) is 9.88 Å². The molecule has 6 nitrogen and oxygen atoms in total. The second-order valence-electron chi connectivity index (χ2n) is 6.87. The number of methoxy groups -OCH3 is 2. The van der Waals surface area contributed by atoms with Crippen LogP contribution < -0.4 is 14.8 Å². The van der Waals surface area contributed by atoms with Crippen molar-refractivity contribution in [2.45, 2.75) is 13.0 Å². The molecular formula is C23H23N3O3. The van der Waals surface area contributed by atoms with Crippen LogP contribution in [-0.4, -0.2) is 36.6 Å². The van der Waals surface area contributed by atoms with Crippen LogP contribution >= 0.6 is 0 Å². The smallest absolute Gasteiger partial charge is 0.272 e. The van der Waals surface area contributed by atoms with Gasteiger partial charge in [-0.05, 0) is 41.8 Å². The van der Waals surface area contributed by atoms with E-state index < -0.39 is 0 Å². The summed E-state index contributed by atoms with van der Waals surface area (Å²) in [7, 11) is 3.20. The third kappa shape index (κ3) is 4.01. The Labute approximate surface area is 170 Å². The average Bonchev–Trinajstić information content (AvgIpc) is 2.78. The topological polar surface area (TPSA) is 63.7 Å². The lowest BCUT2D eigenvalue weighted by Crippen LogP contribution is -2.36. The van der Waals surface area contributed by atoms with E-state index in [1.807, 2.05) is 41.3 Å². The van der Waals surface area contributed by atoms with E-state index in [1.165, 1.54) is 11.1 Å². The highest BCUT2D eigenvalue weighted by Gasteiger charge is 2.22. The Kier molecular flexibility index (Phi) is 5.33. The molecule has 0 fully saturated rings. The van der Waals surface area contributed by atoms with Crippen molar-refractivity contribution >= 4 is 17.3 Å². The highest BCUT2D eigenvalue weighted by molar-refractivity contribution is 5.92. The Balaban J connectivity index is 1.45. The molecule has 0 aliphatic carbocycles. The van der Waals surface area contributed by atoms with E-state index in [-0.39, 0.29) is 5.91 Å². The first-order valence-electron chi connectivity index (χ1n) is 9.49. The van der Waals surface area contributed by atoms with E-state index in [9.17, 15) is 4.79 Å². The molecule has 0 saturated heterocycles. The second kappa shape index (κ2) is 8.22. The van der Waals surface area contributed by atoms with Crippen molar-refractivity contribution in [2.75, 3.05) is 26.1 Å². The maximum Gasteiger partial charge on any atom is 0.272 e. The third-order valence-corrected chi connectivity index (χ3v) is 5.07. The van der Waals surface area contributed by atoms with Crippen molar-refractivity contribution in [3.8, 4) is 11.5 Å². The van der Waals surface area contributed by atoms with E-state index in [4.69, 9.17) is 9.47 Å². The van der Waals surface area contributed by atoms with E-state index in [0.717, 1.165) is 17.8 Å². The van der Waals surface area contributed by atoms with Crippen LogP contribution in [-0.2, 0) is 13.0 Å². The highest BCUT2D eigenvalue weighted by atomic mass is 16.5. The molecule has 3 aromatic rings. The van der Waals surface area contributed by atoms with E-state index >= 15 is 0 Å². The molecule has 0 spiro atoms. The minimum atomic E-state index is -0.0443. The fraction of sp³-hybridized carbons (Fsp3) is 0.217. The van der Waals surface area contributed by atoms with E-state index in [2.05, 4.69) is 22.4 Å². The molecule has 1 aromatic heterocycles. The van der Waals surface area contributed by atoms with Gasteiger partial charge in [0.15, 0.2) is 11.5 Å². The summed E-state index contributed by atoms with van der Waals surface area (Å²) >= 11 is 0. The van der Waals surface area contributed by atoms with Gasteiger partial charge in [0.1, 0.15) is 5.69 Å². The van der Waals surface area contributed by atoms with Crippen LogP contribution in [0, 0.1) is 0 Å². The van der Waals surface area contributed by atoms with Crippen LogP contribution in [0.2, 0.25) is 0 Å². The Morgan fingerprint density at radius 3 is 2.45 bits per heavy atom. The summed E-state index contributed by atoms with van der Waals surface area (Å²) in [5.74, 6) is 1.26. The van der Waals surface area contributed by atoms with Crippen molar-refractivity contribution in [3.63, 3.8) is 0 Å². The normalized spacial score (nSPS) is 12.8. The number of aromatic nitrogens is 1. The van der Waals surface area contributed by atoms with Crippen LogP contribution in [0.3, 0.4) is 0 Å². The van der Waals surface area contributed by atoms with Gasteiger partial charge < -0.3 is 19.7 Å². The monoisotopic (exact) mass is 389 g/mol. The minimum Gasteiger partial charge on any atom is -0.493 e. The van der Waals surface area contributed by atoms with Gasteiger partial charge in [-0.1, -0.05) is 24.3 Å². The Bertz CT molecular complexity index is 1020. The van der Waals surface area contributed by atoms with E-state index in [0.29, 0.717) is 30.3 Å². The lowest BCUT2D eigenvalue weighted by Gasteiger charge is -2.28. The first-order valence-corrected chi connectivity index (χ1v) is 9.49. The van der Waals surface area contributed by atoms with Gasteiger partial charge in [0.25, 0.3) is 5.91 Å². The summed E-state index contributed by atoms with van der Waals surface area (Å²) in [6.45, 7) is 1.34. The standard InChI is InChI=1S/C23H23N3O3/c1-28-21-10-8-18(13-22(21)29-2)25-19-7-9-20(24-14-19)23(27)26-12-11-16-5-3-4-6-17(16)15-26/h3-10,13-14,25H,11-12,15H2,1-2H3. The number of nitrogens with zero attached hydrogens (tertiary/aromatic N) is 2. The van der Waals surface area contributed by atoms with Crippen molar-refractivity contribution in [1.29, 1.82) is 0 Å². The zero-order valence-electron chi connectivity index (χ0n) is 16.5. The Morgan fingerprint density at radius 1 is 0.966 bits per heavy atom. The molecule has 0 unspecified atom stereocenters. The Hall–Kier alpha value is -3.54. The number of hydrogen-bond acceptors (Lipinski definition) is 5. The van der Waals surface area contributed by atoms with Gasteiger partial charge in [-0.15, -0.1) is 0 Å². The molecule has 148 valence electrons. The minimum absolute atomic E-state index is 0.0443. The first-order chi connectivity index (χ1) is 14.2. The molecule has 1 amide bonds. The van der Waals surface area contributed by atoms with Crippen LogP contribution in [0.4, 0.5) is 11.4 Å². The first kappa shape index (κ1) is 18.8. The molecular weight excluding hydrogens is 366 g/mol. The summed E-state index contributed by atoms with van der Waals surface area (Å²) in [6.07, 6.45) is 2.54. The maximum absolute atomic E-state index is 12.8. The number of amides is 1. The lowest BCUT2D eigenvalue weighted by molar-refractivity contribution is 0.0729. The zero-order chi connectivity index (χ0) is 20.2. The molecule has 0 radical (unpaired) electrons. The summed E-state index contributed by atoms with van der Waals surface area (Å²) in [5, 5.41) is 3.27.